The van der Waals surface area contributed by atoms with Crippen molar-refractivity contribution >= 4 is 5.91 Å². The average Bonchev–Trinajstić information content (AvgIpc) is 2.91. The molecule has 4 nitrogen and oxygen atoms in total. The highest BCUT2D eigenvalue weighted by Crippen LogP contribution is 2.29. The van der Waals surface area contributed by atoms with E-state index in [1.54, 1.807) is 12.1 Å². The van der Waals surface area contributed by atoms with Gasteiger partial charge in [-0.15, -0.1) is 0 Å². The lowest BCUT2D eigenvalue weighted by Crippen LogP contribution is -2.31. The van der Waals surface area contributed by atoms with Gasteiger partial charge in [0.2, 0.25) is 0 Å². The zero-order valence-corrected chi connectivity index (χ0v) is 10.5. The first-order valence-corrected chi connectivity index (χ1v) is 6.45. The fourth-order valence-corrected chi connectivity index (χ4v) is 3.01. The fraction of sp³-hybridized carbons (Fsp3) is 0.500. The molecule has 4 heteroatoms. The van der Waals surface area contributed by atoms with E-state index in [9.17, 15) is 9.90 Å². The molecule has 0 aliphatic carbocycles. The Kier molecular flexibility index (Phi) is 2.74. The lowest BCUT2D eigenvalue weighted by molar-refractivity contribution is 0.0778. The molecule has 2 fully saturated rings. The van der Waals surface area contributed by atoms with Gasteiger partial charge in [0.1, 0.15) is 5.75 Å². The predicted molar refractivity (Wildman–Crippen MR) is 68.6 cm³/mol. The number of amides is 1. The standard InChI is InChI=1S/C14H18N2O2/c1-9-2-3-13(17)12(4-9)14(18)16-7-10-5-15-6-11(10)8-16/h2-4,10-11,15,17H,5-8H2,1H3. The molecule has 2 aliphatic heterocycles. The van der Waals surface area contributed by atoms with Crippen molar-refractivity contribution in [2.45, 2.75) is 6.92 Å². The molecule has 0 radical (unpaired) electrons. The number of carbonyl (C=O) groups is 1. The third-order valence-corrected chi connectivity index (χ3v) is 4.06. The van der Waals surface area contributed by atoms with Crippen molar-refractivity contribution < 1.29 is 9.90 Å². The van der Waals surface area contributed by atoms with Crippen molar-refractivity contribution in [3.8, 4) is 5.75 Å². The molecule has 1 amide bonds. The summed E-state index contributed by atoms with van der Waals surface area (Å²) in [6.45, 7) is 5.56. The van der Waals surface area contributed by atoms with Crippen LogP contribution in [-0.4, -0.2) is 42.1 Å². The molecular weight excluding hydrogens is 228 g/mol. The molecule has 2 heterocycles. The first-order chi connectivity index (χ1) is 8.65. The SMILES string of the molecule is Cc1ccc(O)c(C(=O)N2CC3CNCC3C2)c1. The number of nitrogens with zero attached hydrogens (tertiary/aromatic N) is 1. The summed E-state index contributed by atoms with van der Waals surface area (Å²) in [7, 11) is 0. The number of carbonyl (C=O) groups excluding carboxylic acids is 1. The number of aryl methyl sites for hydroxylation is 1. The van der Waals surface area contributed by atoms with Gasteiger partial charge >= 0.3 is 0 Å². The maximum absolute atomic E-state index is 12.4. The van der Waals surface area contributed by atoms with Gasteiger partial charge in [0.25, 0.3) is 5.91 Å². The topological polar surface area (TPSA) is 52.6 Å². The highest BCUT2D eigenvalue weighted by Gasteiger charge is 2.38. The monoisotopic (exact) mass is 246 g/mol. The molecule has 96 valence electrons. The van der Waals surface area contributed by atoms with E-state index < -0.39 is 0 Å². The van der Waals surface area contributed by atoms with E-state index in [0.29, 0.717) is 17.4 Å². The van der Waals surface area contributed by atoms with Crippen LogP contribution in [0.2, 0.25) is 0 Å². The van der Waals surface area contributed by atoms with Crippen LogP contribution in [0.25, 0.3) is 0 Å². The molecule has 3 rings (SSSR count). The lowest BCUT2D eigenvalue weighted by atomic mass is 10.0. The number of likely N-dealkylation sites (tertiary alicyclic amines) is 1. The summed E-state index contributed by atoms with van der Waals surface area (Å²) >= 11 is 0. The lowest BCUT2D eigenvalue weighted by Gasteiger charge is -2.18. The number of nitrogens with one attached hydrogen (secondary N) is 1. The smallest absolute Gasteiger partial charge is 0.257 e. The van der Waals surface area contributed by atoms with Gasteiger partial charge in [0.05, 0.1) is 5.56 Å². The van der Waals surface area contributed by atoms with Crippen molar-refractivity contribution in [2.75, 3.05) is 26.2 Å². The molecular formula is C14H18N2O2. The summed E-state index contributed by atoms with van der Waals surface area (Å²) in [6.07, 6.45) is 0. The molecule has 0 bridgehead atoms. The van der Waals surface area contributed by atoms with Crippen LogP contribution in [0.4, 0.5) is 0 Å². The number of fused-ring (bicyclic) bond motifs is 1. The van der Waals surface area contributed by atoms with Gasteiger partial charge < -0.3 is 15.3 Å². The van der Waals surface area contributed by atoms with Crippen LogP contribution in [0, 0.1) is 18.8 Å². The van der Waals surface area contributed by atoms with Crippen LogP contribution in [-0.2, 0) is 0 Å². The third kappa shape index (κ3) is 1.86. The molecule has 0 spiro atoms. The summed E-state index contributed by atoms with van der Waals surface area (Å²) in [4.78, 5) is 14.3. The maximum atomic E-state index is 12.4. The second-order valence-electron chi connectivity index (χ2n) is 5.41. The minimum atomic E-state index is -0.0365. The first-order valence-electron chi connectivity index (χ1n) is 6.45. The van der Waals surface area contributed by atoms with Gasteiger partial charge in [-0.2, -0.15) is 0 Å². The van der Waals surface area contributed by atoms with Crippen LogP contribution in [0.1, 0.15) is 15.9 Å². The molecule has 2 N–H and O–H groups in total. The van der Waals surface area contributed by atoms with Crippen LogP contribution in [0.15, 0.2) is 18.2 Å². The molecule has 0 saturated carbocycles. The summed E-state index contributed by atoms with van der Waals surface area (Å²) < 4.78 is 0. The average molecular weight is 246 g/mol. The number of phenols is 1. The Morgan fingerprint density at radius 3 is 2.67 bits per heavy atom. The van der Waals surface area contributed by atoms with Gasteiger partial charge in [-0.05, 0) is 30.9 Å². The summed E-state index contributed by atoms with van der Waals surface area (Å²) in [6, 6.07) is 5.18. The third-order valence-electron chi connectivity index (χ3n) is 4.06. The predicted octanol–water partition coefficient (Wildman–Crippen LogP) is 0.992. The molecule has 1 aromatic carbocycles. The number of rotatable bonds is 1. The highest BCUT2D eigenvalue weighted by molar-refractivity contribution is 5.97. The van der Waals surface area contributed by atoms with Gasteiger partial charge in [0, 0.05) is 26.2 Å². The number of hydrogen-bond donors (Lipinski definition) is 2. The van der Waals surface area contributed by atoms with E-state index in [1.165, 1.54) is 0 Å². The van der Waals surface area contributed by atoms with Gasteiger partial charge in [-0.3, -0.25) is 4.79 Å². The number of phenolic OH excluding ortho intramolecular Hbond substituents is 1. The Morgan fingerprint density at radius 2 is 2.00 bits per heavy atom. The Bertz CT molecular complexity index is 475. The van der Waals surface area contributed by atoms with Crippen molar-refractivity contribution in [3.05, 3.63) is 29.3 Å². The second-order valence-corrected chi connectivity index (χ2v) is 5.41. The molecule has 0 aromatic heterocycles. The Morgan fingerprint density at radius 1 is 1.33 bits per heavy atom. The molecule has 18 heavy (non-hydrogen) atoms. The maximum Gasteiger partial charge on any atom is 0.257 e. The normalized spacial score (nSPS) is 26.4. The second kappa shape index (κ2) is 4.28. The Labute approximate surface area is 107 Å². The van der Waals surface area contributed by atoms with E-state index in [0.717, 1.165) is 31.7 Å². The quantitative estimate of drug-likeness (QED) is 0.777. The van der Waals surface area contributed by atoms with E-state index in [2.05, 4.69) is 5.32 Å². The molecule has 1 aromatic rings. The van der Waals surface area contributed by atoms with Crippen LogP contribution >= 0.6 is 0 Å². The summed E-state index contributed by atoms with van der Waals surface area (Å²) in [5.74, 6) is 1.22. The summed E-state index contributed by atoms with van der Waals surface area (Å²) in [5.41, 5.74) is 1.43. The largest absolute Gasteiger partial charge is 0.507 e. The van der Waals surface area contributed by atoms with Crippen molar-refractivity contribution in [3.63, 3.8) is 0 Å². The minimum Gasteiger partial charge on any atom is -0.507 e. The molecule has 2 saturated heterocycles. The van der Waals surface area contributed by atoms with Crippen molar-refractivity contribution in [2.24, 2.45) is 11.8 Å². The molecule has 2 unspecified atom stereocenters. The van der Waals surface area contributed by atoms with E-state index in [4.69, 9.17) is 0 Å². The fourth-order valence-electron chi connectivity index (χ4n) is 3.01. The highest BCUT2D eigenvalue weighted by atomic mass is 16.3. The zero-order valence-electron chi connectivity index (χ0n) is 10.5. The van der Waals surface area contributed by atoms with Crippen LogP contribution < -0.4 is 5.32 Å². The number of benzene rings is 1. The van der Waals surface area contributed by atoms with E-state index >= 15 is 0 Å². The van der Waals surface area contributed by atoms with Crippen LogP contribution in [0.5, 0.6) is 5.75 Å². The first kappa shape index (κ1) is 11.5. The molecule has 2 atom stereocenters. The van der Waals surface area contributed by atoms with E-state index in [-0.39, 0.29) is 11.7 Å². The minimum absolute atomic E-state index is 0.0365. The Hall–Kier alpha value is -1.55. The number of aromatic hydroxyl groups is 1. The molecule has 2 aliphatic rings. The number of hydrogen-bond acceptors (Lipinski definition) is 3. The van der Waals surface area contributed by atoms with Gasteiger partial charge in [0.15, 0.2) is 0 Å². The van der Waals surface area contributed by atoms with Gasteiger partial charge in [-0.1, -0.05) is 11.6 Å². The zero-order chi connectivity index (χ0) is 12.7. The van der Waals surface area contributed by atoms with Crippen molar-refractivity contribution in [1.29, 1.82) is 0 Å². The van der Waals surface area contributed by atoms with Crippen LogP contribution in [0.3, 0.4) is 0 Å². The van der Waals surface area contributed by atoms with Gasteiger partial charge in [-0.25, -0.2) is 0 Å². The Balaban J connectivity index is 1.81. The summed E-state index contributed by atoms with van der Waals surface area (Å²) in [5, 5.41) is 13.2. The van der Waals surface area contributed by atoms with E-state index in [1.807, 2.05) is 17.9 Å². The van der Waals surface area contributed by atoms with Crippen molar-refractivity contribution in [1.82, 2.24) is 10.2 Å².